The molecule has 4 N–H and O–H groups in total. The van der Waals surface area contributed by atoms with Crippen LogP contribution in [0.3, 0.4) is 0 Å². The van der Waals surface area contributed by atoms with Crippen molar-refractivity contribution in [3.8, 4) is 11.5 Å². The summed E-state index contributed by atoms with van der Waals surface area (Å²) in [6.07, 6.45) is 1.12. The minimum atomic E-state index is -3.91. The van der Waals surface area contributed by atoms with Gasteiger partial charge in [-0.1, -0.05) is 6.07 Å². The number of sulfonamides is 1. The van der Waals surface area contributed by atoms with Gasteiger partial charge < -0.3 is 14.8 Å². The van der Waals surface area contributed by atoms with Gasteiger partial charge in [0.2, 0.25) is 10.0 Å². The van der Waals surface area contributed by atoms with Gasteiger partial charge in [0.15, 0.2) is 11.5 Å². The minimum absolute atomic E-state index is 0.00345. The zero-order valence-corrected chi connectivity index (χ0v) is 18.2. The smallest absolute Gasteiger partial charge is 0.255 e. The average Bonchev–Trinajstić information content (AvgIpc) is 2.91. The molecule has 0 aromatic heterocycles. The van der Waals surface area contributed by atoms with Crippen molar-refractivity contribution in [2.75, 3.05) is 30.0 Å². The number of hydrogen-bond acceptors (Lipinski definition) is 7. The van der Waals surface area contributed by atoms with Gasteiger partial charge in [0.05, 0.1) is 23.9 Å². The highest BCUT2D eigenvalue weighted by Crippen LogP contribution is 2.45. The van der Waals surface area contributed by atoms with E-state index in [1.165, 1.54) is 24.3 Å². The van der Waals surface area contributed by atoms with Gasteiger partial charge in [-0.15, -0.1) is 0 Å². The number of fused-ring (bicyclic) bond motifs is 1. The predicted molar refractivity (Wildman–Crippen MR) is 118 cm³/mol. The lowest BCUT2D eigenvalue weighted by Crippen LogP contribution is -2.35. The topological polar surface area (TPSA) is 134 Å². The molecule has 2 aromatic carbocycles. The first-order valence-corrected chi connectivity index (χ1v) is 13.2. The third kappa shape index (κ3) is 5.31. The van der Waals surface area contributed by atoms with E-state index in [2.05, 4.69) is 10.0 Å². The van der Waals surface area contributed by atoms with Crippen molar-refractivity contribution < 1.29 is 31.8 Å². The molecule has 1 amide bonds. The van der Waals surface area contributed by atoms with Crippen molar-refractivity contribution in [2.45, 2.75) is 23.8 Å². The van der Waals surface area contributed by atoms with Crippen LogP contribution >= 0.6 is 10.6 Å². The van der Waals surface area contributed by atoms with E-state index in [1.54, 1.807) is 18.2 Å². The normalized spacial score (nSPS) is 21.2. The molecule has 0 radical (unpaired) electrons. The molecule has 9 nitrogen and oxygen atoms in total. The Morgan fingerprint density at radius 3 is 2.58 bits per heavy atom. The molecule has 1 unspecified atom stereocenters. The zero-order valence-electron chi connectivity index (χ0n) is 16.6. The fourth-order valence-corrected chi connectivity index (χ4v) is 6.59. The van der Waals surface area contributed by atoms with Crippen molar-refractivity contribution in [3.05, 3.63) is 48.0 Å². The number of carbonyl (C=O) groups excluding carboxylic acids is 1. The van der Waals surface area contributed by atoms with Gasteiger partial charge >= 0.3 is 0 Å². The third-order valence-electron chi connectivity index (χ3n) is 5.00. The van der Waals surface area contributed by atoms with Crippen molar-refractivity contribution in [1.82, 2.24) is 4.72 Å². The Morgan fingerprint density at radius 2 is 1.84 bits per heavy atom. The molecule has 168 valence electrons. The summed E-state index contributed by atoms with van der Waals surface area (Å²) in [4.78, 5) is 12.6. The number of ether oxygens (including phenoxy) is 2. The van der Waals surface area contributed by atoms with E-state index in [0.29, 0.717) is 36.8 Å². The lowest BCUT2D eigenvalue weighted by atomic mass is 10.2. The third-order valence-corrected chi connectivity index (χ3v) is 8.34. The first-order valence-electron chi connectivity index (χ1n) is 9.79. The van der Waals surface area contributed by atoms with Crippen molar-refractivity contribution in [1.29, 1.82) is 0 Å². The average molecular weight is 469 g/mol. The molecule has 0 saturated carbocycles. The molecule has 4 rings (SSSR count). The number of nitrogens with one attached hydrogen (secondary N) is 2. The van der Waals surface area contributed by atoms with Crippen LogP contribution in [-0.2, 0) is 10.0 Å². The molecule has 2 aromatic rings. The van der Waals surface area contributed by atoms with Crippen molar-refractivity contribution >= 4 is 32.2 Å². The second-order valence-corrected chi connectivity index (χ2v) is 11.5. The number of benzene rings is 2. The first-order chi connectivity index (χ1) is 14.7. The fraction of sp³-hybridized carbons (Fsp3) is 0.350. The monoisotopic (exact) mass is 468 g/mol. The molecule has 11 heteroatoms. The number of hydrogen-bond donors (Lipinski definition) is 4. The summed E-state index contributed by atoms with van der Waals surface area (Å²) >= 11 is 0. The fourth-order valence-electron chi connectivity index (χ4n) is 3.45. The molecule has 0 bridgehead atoms. The van der Waals surface area contributed by atoms with Crippen LogP contribution in [0.5, 0.6) is 11.5 Å². The maximum Gasteiger partial charge on any atom is 0.255 e. The lowest BCUT2D eigenvalue weighted by Gasteiger charge is -2.26. The van der Waals surface area contributed by atoms with Crippen LogP contribution in [-0.4, -0.2) is 54.2 Å². The molecule has 1 atom stereocenters. The molecule has 0 spiro atoms. The zero-order chi connectivity index (χ0) is 22.1. The summed E-state index contributed by atoms with van der Waals surface area (Å²) in [5.74, 6) is 0.854. The molecule has 1 saturated heterocycles. The van der Waals surface area contributed by atoms with Gasteiger partial charge in [0.1, 0.15) is 0 Å². The molecule has 2 aliphatic rings. The number of amides is 1. The van der Waals surface area contributed by atoms with E-state index >= 15 is 0 Å². The molecule has 31 heavy (non-hydrogen) atoms. The summed E-state index contributed by atoms with van der Waals surface area (Å²) in [6.45, 7) is 1.08. The minimum Gasteiger partial charge on any atom is -0.490 e. The summed E-state index contributed by atoms with van der Waals surface area (Å²) in [5.41, 5.74) is 0.669. The summed E-state index contributed by atoms with van der Waals surface area (Å²) in [6, 6.07) is 10.2. The molecule has 2 aliphatic heterocycles. The maximum atomic E-state index is 12.7. The Balaban J connectivity index is 1.47. The van der Waals surface area contributed by atoms with E-state index in [9.17, 15) is 22.3 Å². The van der Waals surface area contributed by atoms with Crippen LogP contribution in [0.1, 0.15) is 23.2 Å². The maximum absolute atomic E-state index is 12.7. The van der Waals surface area contributed by atoms with E-state index in [-0.39, 0.29) is 22.0 Å². The van der Waals surface area contributed by atoms with E-state index in [0.717, 1.165) is 6.42 Å². The highest BCUT2D eigenvalue weighted by atomic mass is 32.3. The van der Waals surface area contributed by atoms with Gasteiger partial charge in [0, 0.05) is 35.5 Å². The number of anilines is 1. The van der Waals surface area contributed by atoms with Crippen LogP contribution in [0.15, 0.2) is 47.4 Å². The van der Waals surface area contributed by atoms with Crippen LogP contribution < -0.4 is 19.5 Å². The highest BCUT2D eigenvalue weighted by Gasteiger charge is 2.31. The van der Waals surface area contributed by atoms with Crippen LogP contribution in [0.4, 0.5) is 5.69 Å². The summed E-state index contributed by atoms with van der Waals surface area (Å²) in [5, 5.41) is 2.74. The van der Waals surface area contributed by atoms with Gasteiger partial charge in [-0.3, -0.25) is 13.9 Å². The van der Waals surface area contributed by atoms with Crippen LogP contribution in [0.2, 0.25) is 0 Å². The van der Waals surface area contributed by atoms with Crippen LogP contribution in [0, 0.1) is 0 Å². The molecule has 1 fully saturated rings. The Kier molecular flexibility index (Phi) is 6.13. The van der Waals surface area contributed by atoms with Gasteiger partial charge in [-0.25, -0.2) is 13.1 Å². The number of carbonyl (C=O) groups is 1. The Hall–Kier alpha value is -2.31. The van der Waals surface area contributed by atoms with Crippen molar-refractivity contribution in [2.24, 2.45) is 0 Å². The SMILES string of the molecule is O=C(Nc1ccc2c(c1)OCCCO2)c1cccc(S(=O)(=O)NC2CCS(O)(O)C2)c1. The van der Waals surface area contributed by atoms with E-state index in [1.807, 2.05) is 0 Å². The Labute approximate surface area is 182 Å². The molecule has 0 aliphatic carbocycles. The summed E-state index contributed by atoms with van der Waals surface area (Å²) < 4.78 is 58.5. The Bertz CT molecular complexity index is 1090. The second kappa shape index (κ2) is 8.67. The predicted octanol–water partition coefficient (Wildman–Crippen LogP) is 2.90. The van der Waals surface area contributed by atoms with Gasteiger partial charge in [0.25, 0.3) is 5.91 Å². The quantitative estimate of drug-likeness (QED) is 0.530. The van der Waals surface area contributed by atoms with Gasteiger partial charge in [-0.2, -0.15) is 10.6 Å². The molecular weight excluding hydrogens is 444 g/mol. The standard InChI is InChI=1S/C20H24N2O7S2/c23-20(21-15-5-6-18-19(12-15)29-9-2-8-28-18)14-3-1-4-17(11-14)31(26,27)22-16-7-10-30(24,25)13-16/h1,3-6,11-12,16,22,24-25H,2,7-10,13H2,(H,21,23). The van der Waals surface area contributed by atoms with Crippen molar-refractivity contribution in [3.63, 3.8) is 0 Å². The largest absolute Gasteiger partial charge is 0.490 e. The Morgan fingerprint density at radius 1 is 1.06 bits per heavy atom. The summed E-state index contributed by atoms with van der Waals surface area (Å²) in [7, 11) is -6.64. The number of rotatable bonds is 5. The lowest BCUT2D eigenvalue weighted by molar-refractivity contribution is 0.102. The molecular formula is C20H24N2O7S2. The first kappa shape index (κ1) is 21.9. The van der Waals surface area contributed by atoms with E-state index < -0.39 is 32.6 Å². The van der Waals surface area contributed by atoms with Crippen LogP contribution in [0.25, 0.3) is 0 Å². The molecule has 2 heterocycles. The second-order valence-electron chi connectivity index (χ2n) is 7.47. The highest BCUT2D eigenvalue weighted by molar-refractivity contribution is 8.24. The van der Waals surface area contributed by atoms with Gasteiger partial charge in [-0.05, 0) is 36.8 Å². The van der Waals surface area contributed by atoms with E-state index in [4.69, 9.17) is 9.47 Å².